The molecule has 1 aliphatic heterocycles. The van der Waals surface area contributed by atoms with Crippen molar-refractivity contribution in [2.75, 3.05) is 23.9 Å². The summed E-state index contributed by atoms with van der Waals surface area (Å²) >= 11 is 0. The highest BCUT2D eigenvalue weighted by Crippen LogP contribution is 2.33. The van der Waals surface area contributed by atoms with Crippen molar-refractivity contribution >= 4 is 23.6 Å². The number of carbonyl (C=O) groups is 2. The molecule has 3 aromatic heterocycles. The fourth-order valence-corrected chi connectivity index (χ4v) is 4.43. The molecule has 2 amide bonds. The quantitative estimate of drug-likeness (QED) is 0.385. The molecule has 39 heavy (non-hydrogen) atoms. The Kier molecular flexibility index (Phi) is 6.97. The van der Waals surface area contributed by atoms with E-state index < -0.39 is 6.09 Å². The maximum Gasteiger partial charge on any atom is 0.407 e. The van der Waals surface area contributed by atoms with Crippen LogP contribution in [0.2, 0.25) is 0 Å². The molecule has 0 saturated heterocycles. The average molecular weight is 527 g/mol. The van der Waals surface area contributed by atoms with Crippen LogP contribution < -0.4 is 15.1 Å². The number of hydrogen-bond donors (Lipinski definition) is 1. The fourth-order valence-electron chi connectivity index (χ4n) is 4.43. The number of nitrogens with zero attached hydrogens (tertiary/aromatic N) is 7. The van der Waals surface area contributed by atoms with Gasteiger partial charge in [0.05, 0.1) is 23.5 Å². The van der Waals surface area contributed by atoms with Crippen LogP contribution in [0.15, 0.2) is 54.9 Å². The van der Waals surface area contributed by atoms with Gasteiger partial charge in [0, 0.05) is 25.7 Å². The molecule has 4 aromatic rings. The van der Waals surface area contributed by atoms with Crippen LogP contribution in [0.4, 0.5) is 16.4 Å². The summed E-state index contributed by atoms with van der Waals surface area (Å²) in [5, 5.41) is 10.9. The molecule has 0 atom stereocenters. The minimum Gasteiger partial charge on any atom is -0.443 e. The number of amides is 2. The summed E-state index contributed by atoms with van der Waals surface area (Å²) in [4.78, 5) is 38.6. The number of benzene rings is 1. The highest BCUT2D eigenvalue weighted by molar-refractivity contribution is 6.10. The third-order valence-electron chi connectivity index (χ3n) is 6.83. The molecule has 0 unspecified atom stereocenters. The first kappa shape index (κ1) is 25.8. The minimum absolute atomic E-state index is 0.0596. The minimum atomic E-state index is -0.568. The van der Waals surface area contributed by atoms with E-state index in [0.717, 1.165) is 11.3 Å². The number of aryl methyl sites for hydroxylation is 1. The van der Waals surface area contributed by atoms with Crippen LogP contribution >= 0.6 is 0 Å². The van der Waals surface area contributed by atoms with Crippen molar-refractivity contribution in [2.45, 2.75) is 40.0 Å². The summed E-state index contributed by atoms with van der Waals surface area (Å²) in [5.41, 5.74) is 4.35. The van der Waals surface area contributed by atoms with E-state index in [1.54, 1.807) is 23.4 Å². The number of carbonyl (C=O) groups excluding carboxylic acids is 2. The third kappa shape index (κ3) is 4.90. The summed E-state index contributed by atoms with van der Waals surface area (Å²) in [6.45, 7) is 6.29. The van der Waals surface area contributed by atoms with E-state index in [0.29, 0.717) is 40.0 Å². The van der Waals surface area contributed by atoms with Gasteiger partial charge in [-0.25, -0.2) is 14.8 Å². The summed E-state index contributed by atoms with van der Waals surface area (Å²) in [6.07, 6.45) is 1.08. The van der Waals surface area contributed by atoms with E-state index in [4.69, 9.17) is 14.7 Å². The van der Waals surface area contributed by atoms with E-state index >= 15 is 0 Å². The largest absolute Gasteiger partial charge is 0.443 e. The lowest BCUT2D eigenvalue weighted by molar-refractivity contribution is 0.0996. The Hall–Kier alpha value is -4.80. The molecule has 0 radical (unpaired) electrons. The number of aromatic nitrogens is 5. The SMILES string of the molecule is CNC(=O)OCc1nc(N(C)C(C)C)cc2c1CN(c1cccc(-c3nncn3-c3ccccc3C)n1)C2=O. The molecule has 200 valence electrons. The third-order valence-corrected chi connectivity index (χ3v) is 6.83. The second-order valence-corrected chi connectivity index (χ2v) is 9.57. The van der Waals surface area contributed by atoms with Gasteiger partial charge < -0.3 is 15.0 Å². The Morgan fingerprint density at radius 2 is 1.95 bits per heavy atom. The number of rotatable bonds is 7. The van der Waals surface area contributed by atoms with Crippen LogP contribution in [0.3, 0.4) is 0 Å². The predicted octanol–water partition coefficient (Wildman–Crippen LogP) is 3.89. The first-order chi connectivity index (χ1) is 18.8. The number of fused-ring (bicyclic) bond motifs is 1. The molecule has 1 aromatic carbocycles. The molecule has 0 saturated carbocycles. The smallest absolute Gasteiger partial charge is 0.407 e. The van der Waals surface area contributed by atoms with E-state index in [1.807, 2.05) is 73.7 Å². The zero-order valence-corrected chi connectivity index (χ0v) is 22.5. The van der Waals surface area contributed by atoms with Crippen LogP contribution in [-0.2, 0) is 17.9 Å². The second kappa shape index (κ2) is 10.5. The van der Waals surface area contributed by atoms with Gasteiger partial charge in [-0.3, -0.25) is 14.3 Å². The van der Waals surface area contributed by atoms with Gasteiger partial charge in [-0.05, 0) is 50.6 Å². The van der Waals surface area contributed by atoms with Gasteiger partial charge >= 0.3 is 6.09 Å². The Labute approximate surface area is 226 Å². The number of alkyl carbamates (subject to hydrolysis) is 1. The standard InChI is InChI=1S/C28H30N8O3/c1-17(2)34(5)25-13-19-20(22(32-25)15-39-28(38)29-4)14-35(27(19)37)24-12-8-10-21(31-24)26-33-30-16-36(26)23-11-7-6-9-18(23)3/h6-13,16-17H,14-15H2,1-5H3,(H,29,38). The Morgan fingerprint density at radius 3 is 2.69 bits per heavy atom. The first-order valence-corrected chi connectivity index (χ1v) is 12.6. The predicted molar refractivity (Wildman–Crippen MR) is 147 cm³/mol. The molecule has 0 bridgehead atoms. The zero-order chi connectivity index (χ0) is 27.7. The number of nitrogens with one attached hydrogen (secondary N) is 1. The molecule has 1 aliphatic rings. The molecule has 11 nitrogen and oxygen atoms in total. The number of hydrogen-bond acceptors (Lipinski definition) is 8. The van der Waals surface area contributed by atoms with Gasteiger partial charge in [0.15, 0.2) is 5.82 Å². The van der Waals surface area contributed by atoms with Crippen molar-refractivity contribution < 1.29 is 14.3 Å². The number of pyridine rings is 2. The van der Waals surface area contributed by atoms with Crippen molar-refractivity contribution in [3.05, 3.63) is 77.2 Å². The lowest BCUT2D eigenvalue weighted by atomic mass is 10.1. The number of para-hydroxylation sites is 1. The molecule has 5 rings (SSSR count). The maximum atomic E-state index is 13.7. The molecule has 11 heteroatoms. The summed E-state index contributed by atoms with van der Waals surface area (Å²) in [5.74, 6) is 1.47. The molecular formula is C28H30N8O3. The van der Waals surface area contributed by atoms with E-state index in [2.05, 4.69) is 15.5 Å². The van der Waals surface area contributed by atoms with Crippen molar-refractivity contribution in [3.63, 3.8) is 0 Å². The monoisotopic (exact) mass is 526 g/mol. The topological polar surface area (TPSA) is 118 Å². The van der Waals surface area contributed by atoms with Crippen LogP contribution in [-0.4, -0.2) is 56.9 Å². The Balaban J connectivity index is 1.51. The van der Waals surface area contributed by atoms with Crippen molar-refractivity contribution in [1.29, 1.82) is 0 Å². The van der Waals surface area contributed by atoms with Crippen molar-refractivity contribution in [3.8, 4) is 17.2 Å². The van der Waals surface area contributed by atoms with Crippen molar-refractivity contribution in [1.82, 2.24) is 30.0 Å². The molecule has 1 N–H and O–H groups in total. The van der Waals surface area contributed by atoms with E-state index in [9.17, 15) is 9.59 Å². The molecule has 0 aliphatic carbocycles. The van der Waals surface area contributed by atoms with Gasteiger partial charge in [0.25, 0.3) is 5.91 Å². The average Bonchev–Trinajstić information content (AvgIpc) is 3.56. The molecular weight excluding hydrogens is 496 g/mol. The van der Waals surface area contributed by atoms with E-state index in [-0.39, 0.29) is 25.1 Å². The summed E-state index contributed by atoms with van der Waals surface area (Å²) in [6, 6.07) is 15.4. The summed E-state index contributed by atoms with van der Waals surface area (Å²) < 4.78 is 7.20. The van der Waals surface area contributed by atoms with Crippen LogP contribution in [0.1, 0.15) is 41.0 Å². The normalized spacial score (nSPS) is 12.6. The maximum absolute atomic E-state index is 13.7. The van der Waals surface area contributed by atoms with Crippen LogP contribution in [0.25, 0.3) is 17.2 Å². The van der Waals surface area contributed by atoms with Crippen LogP contribution in [0, 0.1) is 6.92 Å². The second-order valence-electron chi connectivity index (χ2n) is 9.57. The molecule has 0 spiro atoms. The molecule has 0 fully saturated rings. The number of anilines is 2. The van der Waals surface area contributed by atoms with Gasteiger partial charge in [0.1, 0.15) is 30.3 Å². The molecule has 4 heterocycles. The van der Waals surface area contributed by atoms with Gasteiger partial charge in [-0.15, -0.1) is 10.2 Å². The van der Waals surface area contributed by atoms with Gasteiger partial charge in [-0.2, -0.15) is 0 Å². The van der Waals surface area contributed by atoms with Gasteiger partial charge in [-0.1, -0.05) is 24.3 Å². The first-order valence-electron chi connectivity index (χ1n) is 12.6. The highest BCUT2D eigenvalue weighted by atomic mass is 16.5. The Morgan fingerprint density at radius 1 is 1.15 bits per heavy atom. The van der Waals surface area contributed by atoms with Gasteiger partial charge in [0.2, 0.25) is 0 Å². The number of ether oxygens (including phenoxy) is 1. The zero-order valence-electron chi connectivity index (χ0n) is 22.5. The lowest BCUT2D eigenvalue weighted by Gasteiger charge is -2.23. The Bertz CT molecular complexity index is 1550. The highest BCUT2D eigenvalue weighted by Gasteiger charge is 2.34. The van der Waals surface area contributed by atoms with Crippen molar-refractivity contribution in [2.24, 2.45) is 0 Å². The fraction of sp³-hybridized carbons (Fsp3) is 0.286. The van der Waals surface area contributed by atoms with E-state index in [1.165, 1.54) is 7.05 Å². The summed E-state index contributed by atoms with van der Waals surface area (Å²) in [7, 11) is 3.41. The lowest BCUT2D eigenvalue weighted by Crippen LogP contribution is -2.27. The van der Waals surface area contributed by atoms with Crippen LogP contribution in [0.5, 0.6) is 0 Å².